The predicted molar refractivity (Wildman–Crippen MR) is 130 cm³/mol. The Balaban J connectivity index is 0.00000392. The number of hydrogen-bond acceptors (Lipinski definition) is 3. The lowest BCUT2D eigenvalue weighted by Crippen LogP contribution is -2.43. The van der Waals surface area contributed by atoms with Gasteiger partial charge >= 0.3 is 0 Å². The third-order valence-corrected chi connectivity index (χ3v) is 5.85. The fraction of sp³-hybridized carbons (Fsp3) is 0.810. The number of guanidine groups is 1. The molecule has 7 heteroatoms. The SMILES string of the molecule is CN=C(NCCCCN1CCC(C)CC1)NC(C)Cc1c(C)nn(C)c1C.I. The zero-order valence-corrected chi connectivity index (χ0v) is 21.0. The molecule has 0 bridgehead atoms. The largest absolute Gasteiger partial charge is 0.356 e. The van der Waals surface area contributed by atoms with Gasteiger partial charge in [-0.25, -0.2) is 0 Å². The summed E-state index contributed by atoms with van der Waals surface area (Å²) in [5, 5.41) is 11.5. The average molecular weight is 505 g/mol. The van der Waals surface area contributed by atoms with Crippen LogP contribution in [0.5, 0.6) is 0 Å². The van der Waals surface area contributed by atoms with Crippen LogP contribution in [0.1, 0.15) is 56.5 Å². The molecule has 0 radical (unpaired) electrons. The fourth-order valence-corrected chi connectivity index (χ4v) is 3.85. The summed E-state index contributed by atoms with van der Waals surface area (Å²) in [6.45, 7) is 13.6. The van der Waals surface area contributed by atoms with E-state index in [2.05, 4.69) is 53.3 Å². The number of aliphatic imine (C=N–C) groups is 1. The van der Waals surface area contributed by atoms with Crippen LogP contribution >= 0.6 is 24.0 Å². The van der Waals surface area contributed by atoms with Gasteiger partial charge in [-0.1, -0.05) is 6.92 Å². The maximum atomic E-state index is 4.51. The maximum Gasteiger partial charge on any atom is 0.191 e. The van der Waals surface area contributed by atoms with Crippen LogP contribution in [0.4, 0.5) is 0 Å². The highest BCUT2D eigenvalue weighted by atomic mass is 127. The van der Waals surface area contributed by atoms with Gasteiger partial charge in [-0.3, -0.25) is 9.67 Å². The topological polar surface area (TPSA) is 57.5 Å². The van der Waals surface area contributed by atoms with E-state index < -0.39 is 0 Å². The molecule has 0 aromatic carbocycles. The molecule has 1 saturated heterocycles. The van der Waals surface area contributed by atoms with Gasteiger partial charge in [-0.05, 0) is 84.0 Å². The summed E-state index contributed by atoms with van der Waals surface area (Å²) in [7, 11) is 3.85. The van der Waals surface area contributed by atoms with E-state index in [9.17, 15) is 0 Å². The summed E-state index contributed by atoms with van der Waals surface area (Å²) in [6.07, 6.45) is 6.12. The van der Waals surface area contributed by atoms with Crippen LogP contribution in [0.2, 0.25) is 0 Å². The minimum Gasteiger partial charge on any atom is -0.356 e. The lowest BCUT2D eigenvalue weighted by Gasteiger charge is -2.30. The normalized spacial score (nSPS) is 17.3. The van der Waals surface area contributed by atoms with Crippen molar-refractivity contribution in [1.29, 1.82) is 0 Å². The number of aromatic nitrogens is 2. The Morgan fingerprint density at radius 3 is 2.50 bits per heavy atom. The van der Waals surface area contributed by atoms with Gasteiger partial charge in [0.05, 0.1) is 5.69 Å². The van der Waals surface area contributed by atoms with Crippen molar-refractivity contribution in [3.8, 4) is 0 Å². The number of rotatable bonds is 8. The zero-order valence-electron chi connectivity index (χ0n) is 18.7. The van der Waals surface area contributed by atoms with E-state index in [4.69, 9.17) is 0 Å². The Morgan fingerprint density at radius 1 is 1.25 bits per heavy atom. The number of piperidine rings is 1. The van der Waals surface area contributed by atoms with Crippen molar-refractivity contribution in [1.82, 2.24) is 25.3 Å². The molecule has 0 aliphatic carbocycles. The monoisotopic (exact) mass is 504 g/mol. The molecular formula is C21H41IN6. The average Bonchev–Trinajstić information content (AvgIpc) is 2.88. The molecule has 1 aromatic rings. The molecule has 6 nitrogen and oxygen atoms in total. The first-order valence-corrected chi connectivity index (χ1v) is 10.6. The van der Waals surface area contributed by atoms with Crippen LogP contribution in [-0.4, -0.2) is 59.9 Å². The molecule has 1 aliphatic heterocycles. The van der Waals surface area contributed by atoms with E-state index in [-0.39, 0.29) is 24.0 Å². The molecule has 28 heavy (non-hydrogen) atoms. The molecule has 0 spiro atoms. The maximum absolute atomic E-state index is 4.51. The number of aryl methyl sites for hydroxylation is 2. The number of unbranched alkanes of at least 4 members (excludes halogenated alkanes) is 1. The number of hydrogen-bond donors (Lipinski definition) is 2. The molecule has 1 aromatic heterocycles. The van der Waals surface area contributed by atoms with Gasteiger partial charge in [0.2, 0.25) is 0 Å². The van der Waals surface area contributed by atoms with E-state index in [0.29, 0.717) is 6.04 Å². The highest BCUT2D eigenvalue weighted by Gasteiger charge is 2.15. The Labute approximate surface area is 189 Å². The van der Waals surface area contributed by atoms with E-state index in [1.165, 1.54) is 56.6 Å². The molecule has 1 unspecified atom stereocenters. The highest BCUT2D eigenvalue weighted by molar-refractivity contribution is 14.0. The first-order valence-electron chi connectivity index (χ1n) is 10.6. The second-order valence-corrected chi connectivity index (χ2v) is 8.25. The Kier molecular flexibility index (Phi) is 11.4. The number of nitrogens with one attached hydrogen (secondary N) is 2. The smallest absolute Gasteiger partial charge is 0.191 e. The van der Waals surface area contributed by atoms with Crippen molar-refractivity contribution in [2.45, 2.75) is 65.8 Å². The summed E-state index contributed by atoms with van der Waals surface area (Å²) in [5.41, 5.74) is 3.71. The lowest BCUT2D eigenvalue weighted by atomic mass is 9.99. The Morgan fingerprint density at radius 2 is 1.93 bits per heavy atom. The number of likely N-dealkylation sites (tertiary alicyclic amines) is 1. The molecule has 0 saturated carbocycles. The van der Waals surface area contributed by atoms with Crippen molar-refractivity contribution < 1.29 is 0 Å². The van der Waals surface area contributed by atoms with E-state index in [0.717, 1.165) is 30.5 Å². The second-order valence-electron chi connectivity index (χ2n) is 8.25. The van der Waals surface area contributed by atoms with Gasteiger partial charge < -0.3 is 15.5 Å². The number of halogens is 1. The minimum absolute atomic E-state index is 0. The fourth-order valence-electron chi connectivity index (χ4n) is 3.85. The van der Waals surface area contributed by atoms with Crippen LogP contribution in [0.25, 0.3) is 0 Å². The molecule has 1 fully saturated rings. The molecule has 1 aliphatic rings. The molecule has 1 atom stereocenters. The van der Waals surface area contributed by atoms with Crippen molar-refractivity contribution in [2.24, 2.45) is 18.0 Å². The van der Waals surface area contributed by atoms with E-state index in [1.54, 1.807) is 0 Å². The van der Waals surface area contributed by atoms with Gasteiger partial charge in [0, 0.05) is 32.4 Å². The molecule has 2 heterocycles. The van der Waals surface area contributed by atoms with Crippen molar-refractivity contribution in [2.75, 3.05) is 33.2 Å². The summed E-state index contributed by atoms with van der Waals surface area (Å²) in [5.74, 6) is 1.81. The summed E-state index contributed by atoms with van der Waals surface area (Å²) < 4.78 is 1.97. The highest BCUT2D eigenvalue weighted by Crippen LogP contribution is 2.16. The molecule has 2 N–H and O–H groups in total. The molecule has 0 amide bonds. The van der Waals surface area contributed by atoms with Crippen LogP contribution in [-0.2, 0) is 13.5 Å². The number of nitrogens with zero attached hydrogens (tertiary/aromatic N) is 4. The van der Waals surface area contributed by atoms with Gasteiger partial charge in [0.1, 0.15) is 0 Å². The predicted octanol–water partition coefficient (Wildman–Crippen LogP) is 3.26. The van der Waals surface area contributed by atoms with Crippen molar-refractivity contribution >= 4 is 29.9 Å². The molecule has 162 valence electrons. The standard InChI is InChI=1S/C21H40N6.HI/c1-16-9-13-27(14-10-16)12-8-7-11-23-21(22-5)24-17(2)15-20-18(3)25-26(6)19(20)4;/h16-17H,7-15H2,1-6H3,(H2,22,23,24);1H. The quantitative estimate of drug-likeness (QED) is 0.247. The summed E-state index contributed by atoms with van der Waals surface area (Å²) >= 11 is 0. The third-order valence-electron chi connectivity index (χ3n) is 5.85. The molecule has 2 rings (SSSR count). The van der Waals surface area contributed by atoms with Crippen LogP contribution in [0.3, 0.4) is 0 Å². The molecular weight excluding hydrogens is 463 g/mol. The van der Waals surface area contributed by atoms with Crippen molar-refractivity contribution in [3.63, 3.8) is 0 Å². The first-order chi connectivity index (χ1) is 12.9. The van der Waals surface area contributed by atoms with Crippen LogP contribution in [0, 0.1) is 19.8 Å². The van der Waals surface area contributed by atoms with Crippen LogP contribution in [0.15, 0.2) is 4.99 Å². The lowest BCUT2D eigenvalue weighted by molar-refractivity contribution is 0.189. The van der Waals surface area contributed by atoms with E-state index >= 15 is 0 Å². The summed E-state index contributed by atoms with van der Waals surface area (Å²) in [6, 6.07) is 0.313. The van der Waals surface area contributed by atoms with Gasteiger partial charge in [0.15, 0.2) is 5.96 Å². The second kappa shape index (κ2) is 12.7. The summed E-state index contributed by atoms with van der Waals surface area (Å²) in [4.78, 5) is 7.00. The third kappa shape index (κ3) is 7.89. The van der Waals surface area contributed by atoms with Gasteiger partial charge in [-0.2, -0.15) is 5.10 Å². The van der Waals surface area contributed by atoms with E-state index in [1.807, 2.05) is 18.8 Å². The zero-order chi connectivity index (χ0) is 19.8. The van der Waals surface area contributed by atoms with Crippen LogP contribution < -0.4 is 10.6 Å². The minimum atomic E-state index is 0. The van der Waals surface area contributed by atoms with Gasteiger partial charge in [0.25, 0.3) is 0 Å². The first kappa shape index (κ1) is 25.2. The van der Waals surface area contributed by atoms with Crippen molar-refractivity contribution in [3.05, 3.63) is 17.0 Å². The Bertz CT molecular complexity index is 604. The Hall–Kier alpha value is -0.830. The van der Waals surface area contributed by atoms with Gasteiger partial charge in [-0.15, -0.1) is 24.0 Å².